The van der Waals surface area contributed by atoms with Crippen molar-refractivity contribution in [2.75, 3.05) is 13.1 Å². The van der Waals surface area contributed by atoms with Gasteiger partial charge in [0.15, 0.2) is 0 Å². The summed E-state index contributed by atoms with van der Waals surface area (Å²) in [7, 11) is 0. The Morgan fingerprint density at radius 1 is 1.22 bits per heavy atom. The van der Waals surface area contributed by atoms with Crippen molar-refractivity contribution in [3.63, 3.8) is 0 Å². The van der Waals surface area contributed by atoms with Crippen molar-refractivity contribution in [3.05, 3.63) is 41.5 Å². The fourth-order valence-electron chi connectivity index (χ4n) is 5.63. The van der Waals surface area contributed by atoms with Gasteiger partial charge in [-0.05, 0) is 44.1 Å². The number of carbonyl (C=O) groups excluding carboxylic acids is 1. The Morgan fingerprint density at radius 2 is 1.95 bits per heavy atom. The minimum atomic E-state index is -0.591. The third-order valence-corrected chi connectivity index (χ3v) is 7.96. The summed E-state index contributed by atoms with van der Waals surface area (Å²) in [5, 5.41) is 21.3. The maximum Gasteiger partial charge on any atom is 0.222 e. The highest BCUT2D eigenvalue weighted by molar-refractivity contribution is 5.76. The van der Waals surface area contributed by atoms with E-state index in [9.17, 15) is 15.0 Å². The Morgan fingerprint density at radius 3 is 2.62 bits per heavy atom. The molecule has 6 atom stereocenters. The van der Waals surface area contributed by atoms with Crippen LogP contribution in [-0.2, 0) is 11.2 Å². The number of carbonyl (C=O) groups is 1. The zero-order valence-corrected chi connectivity index (χ0v) is 23.3. The molecule has 1 aromatic rings. The number of hydrogen-bond acceptors (Lipinski definition) is 4. The molecule has 5 nitrogen and oxygen atoms in total. The molecule has 0 unspecified atom stereocenters. The third kappa shape index (κ3) is 7.62. The first kappa shape index (κ1) is 29.3. The molecule has 1 aliphatic carbocycles. The van der Waals surface area contributed by atoms with Crippen LogP contribution in [0.25, 0.3) is 0 Å². The monoisotopic (exact) mass is 509 g/mol. The maximum atomic E-state index is 12.9. The van der Waals surface area contributed by atoms with Crippen LogP contribution in [0.1, 0.15) is 96.1 Å². The van der Waals surface area contributed by atoms with E-state index in [4.69, 9.17) is 4.74 Å². The van der Waals surface area contributed by atoms with Gasteiger partial charge in [0, 0.05) is 49.8 Å². The summed E-state index contributed by atoms with van der Waals surface area (Å²) in [5.41, 5.74) is 2.30. The van der Waals surface area contributed by atoms with Crippen molar-refractivity contribution in [1.29, 1.82) is 0 Å². The van der Waals surface area contributed by atoms with Gasteiger partial charge in [-0.2, -0.15) is 0 Å². The van der Waals surface area contributed by atoms with Crippen LogP contribution < -0.4 is 4.74 Å². The molecule has 0 aromatic heterocycles. The summed E-state index contributed by atoms with van der Waals surface area (Å²) < 4.78 is 6.41. The molecule has 1 heterocycles. The van der Waals surface area contributed by atoms with Gasteiger partial charge in [0.25, 0.3) is 0 Å². The largest absolute Gasteiger partial charge is 0.489 e. The van der Waals surface area contributed by atoms with Crippen LogP contribution in [0.2, 0.25) is 0 Å². The second kappa shape index (κ2) is 14.6. The van der Waals surface area contributed by atoms with Crippen LogP contribution in [0.5, 0.6) is 5.75 Å². The van der Waals surface area contributed by atoms with Gasteiger partial charge in [-0.15, -0.1) is 11.8 Å². The number of rotatable bonds is 14. The minimum Gasteiger partial charge on any atom is -0.489 e. The molecule has 5 heteroatoms. The predicted molar refractivity (Wildman–Crippen MR) is 149 cm³/mol. The minimum absolute atomic E-state index is 0.0411. The van der Waals surface area contributed by atoms with Crippen molar-refractivity contribution in [3.8, 4) is 17.6 Å². The van der Waals surface area contributed by atoms with Gasteiger partial charge in [0.05, 0.1) is 12.2 Å². The summed E-state index contributed by atoms with van der Waals surface area (Å²) >= 11 is 0. The topological polar surface area (TPSA) is 70.0 Å². The number of ether oxygens (including phenoxy) is 1. The van der Waals surface area contributed by atoms with Crippen LogP contribution >= 0.6 is 0 Å². The van der Waals surface area contributed by atoms with E-state index in [1.165, 1.54) is 0 Å². The lowest BCUT2D eigenvalue weighted by Gasteiger charge is -2.22. The highest BCUT2D eigenvalue weighted by Crippen LogP contribution is 2.52. The highest BCUT2D eigenvalue weighted by Gasteiger charge is 2.48. The quantitative estimate of drug-likeness (QED) is 0.252. The van der Waals surface area contributed by atoms with Crippen LogP contribution in [0.15, 0.2) is 30.4 Å². The number of hydrogen-bond donors (Lipinski definition) is 2. The molecular formula is C32H47NO4. The van der Waals surface area contributed by atoms with Gasteiger partial charge in [-0.25, -0.2) is 0 Å². The highest BCUT2D eigenvalue weighted by atomic mass is 16.5. The number of amides is 1. The van der Waals surface area contributed by atoms with Gasteiger partial charge >= 0.3 is 0 Å². The Kier molecular flexibility index (Phi) is 11.5. The Balaban J connectivity index is 1.64. The Bertz CT molecular complexity index is 953. The van der Waals surface area contributed by atoms with Crippen molar-refractivity contribution >= 4 is 5.91 Å². The molecule has 0 bridgehead atoms. The third-order valence-electron chi connectivity index (χ3n) is 7.96. The first-order valence-electron chi connectivity index (χ1n) is 14.4. The lowest BCUT2D eigenvalue weighted by Crippen LogP contribution is -2.32. The van der Waals surface area contributed by atoms with Crippen LogP contribution in [0.4, 0.5) is 0 Å². The second-order valence-electron chi connectivity index (χ2n) is 10.8. The fraction of sp³-hybridized carbons (Fsp3) is 0.656. The zero-order chi connectivity index (χ0) is 26.8. The van der Waals surface area contributed by atoms with E-state index in [-0.39, 0.29) is 29.8 Å². The lowest BCUT2D eigenvalue weighted by atomic mass is 9.86. The summed E-state index contributed by atoms with van der Waals surface area (Å²) in [5.74, 6) is 7.15. The maximum absolute atomic E-state index is 12.9. The number of fused-ring (bicyclic) bond motifs is 3. The molecule has 0 spiro atoms. The van der Waals surface area contributed by atoms with Gasteiger partial charge in [0.1, 0.15) is 11.9 Å². The van der Waals surface area contributed by atoms with Crippen molar-refractivity contribution in [2.45, 2.75) is 110 Å². The van der Waals surface area contributed by atoms with Crippen LogP contribution in [-0.4, -0.2) is 52.4 Å². The Labute approximate surface area is 224 Å². The molecule has 0 saturated heterocycles. The number of benzene rings is 1. The van der Waals surface area contributed by atoms with E-state index < -0.39 is 12.2 Å². The average Bonchev–Trinajstić information content (AvgIpc) is 3.40. The SMILES string of the molecule is CC#CC[C@@H](C)[C@H](O)C=C[C@@H]1[C@H]2c3cccc(CCCC(=O)N(CCCC)CCCC)c3O[C@H]2C[C@H]1O. The van der Waals surface area contributed by atoms with Gasteiger partial charge in [-0.3, -0.25) is 4.79 Å². The van der Waals surface area contributed by atoms with E-state index in [0.29, 0.717) is 19.3 Å². The summed E-state index contributed by atoms with van der Waals surface area (Å²) in [6, 6.07) is 6.29. The normalized spacial score (nSPS) is 23.6. The van der Waals surface area contributed by atoms with Gasteiger partial charge in [0.2, 0.25) is 5.91 Å². The molecule has 3 rings (SSSR count). The Hall–Kier alpha value is -2.29. The number of unbranched alkanes of at least 4 members (excludes halogenated alkanes) is 2. The molecule has 1 saturated carbocycles. The summed E-state index contributed by atoms with van der Waals surface area (Å²) in [6.07, 6.45) is 10.4. The van der Waals surface area contributed by atoms with Crippen LogP contribution in [0.3, 0.4) is 0 Å². The van der Waals surface area contributed by atoms with E-state index >= 15 is 0 Å². The molecule has 1 aromatic carbocycles. The van der Waals surface area contributed by atoms with Crippen LogP contribution in [0, 0.1) is 23.7 Å². The number of para-hydroxylation sites is 1. The van der Waals surface area contributed by atoms with E-state index in [1.807, 2.05) is 30.9 Å². The standard InChI is InChI=1S/C32H47NO4/c1-5-8-13-23(4)27(34)19-18-25-28(35)22-29-31(25)26-16-11-14-24(32(26)37-29)15-12-17-30(36)33(20-9-6-2)21-10-7-3/h11,14,16,18-19,23,25,27-29,31,34-35H,6-7,9-10,12-13,15,17,20-22H2,1-4H3/t23-,25+,27-,28-,29+,31+/m1/s1. The van der Waals surface area contributed by atoms with Gasteiger partial charge < -0.3 is 19.8 Å². The first-order chi connectivity index (χ1) is 17.9. The van der Waals surface area contributed by atoms with E-state index in [1.54, 1.807) is 0 Å². The average molecular weight is 510 g/mol. The number of aliphatic hydroxyl groups excluding tert-OH is 2. The lowest BCUT2D eigenvalue weighted by molar-refractivity contribution is -0.131. The molecule has 37 heavy (non-hydrogen) atoms. The zero-order valence-electron chi connectivity index (χ0n) is 23.3. The van der Waals surface area contributed by atoms with E-state index in [2.05, 4.69) is 43.9 Å². The molecule has 2 N–H and O–H groups in total. The molecule has 0 radical (unpaired) electrons. The molecule has 204 valence electrons. The predicted octanol–water partition coefficient (Wildman–Crippen LogP) is 5.63. The van der Waals surface area contributed by atoms with Crippen molar-refractivity contribution < 1.29 is 19.7 Å². The second-order valence-corrected chi connectivity index (χ2v) is 10.8. The molecule has 1 fully saturated rings. The summed E-state index contributed by atoms with van der Waals surface area (Å²) in [6.45, 7) is 9.85. The van der Waals surface area contributed by atoms with Crippen molar-refractivity contribution in [1.82, 2.24) is 4.90 Å². The molecule has 2 aliphatic rings. The van der Waals surface area contributed by atoms with Gasteiger partial charge in [-0.1, -0.05) is 64.0 Å². The molecular weight excluding hydrogens is 462 g/mol. The number of aryl methyl sites for hydroxylation is 1. The fourth-order valence-corrected chi connectivity index (χ4v) is 5.63. The summed E-state index contributed by atoms with van der Waals surface area (Å²) in [4.78, 5) is 14.9. The molecule has 1 aliphatic heterocycles. The van der Waals surface area contributed by atoms with E-state index in [0.717, 1.165) is 68.5 Å². The molecule has 1 amide bonds. The number of aliphatic hydroxyl groups is 2. The first-order valence-corrected chi connectivity index (χ1v) is 14.4. The van der Waals surface area contributed by atoms with Crippen molar-refractivity contribution in [2.24, 2.45) is 11.8 Å². The smallest absolute Gasteiger partial charge is 0.222 e. The number of nitrogens with zero attached hydrogens (tertiary/aromatic N) is 1.